The maximum Gasteiger partial charge on any atom is 0.306 e. The third-order valence-corrected chi connectivity index (χ3v) is 14.6. The van der Waals surface area contributed by atoms with Crippen molar-refractivity contribution in [3.63, 3.8) is 0 Å². The van der Waals surface area contributed by atoms with Gasteiger partial charge in [-0.25, -0.2) is 0 Å². The Hall–Kier alpha value is -3.41. The molecule has 0 spiro atoms. The van der Waals surface area contributed by atoms with Gasteiger partial charge >= 0.3 is 17.9 Å². The van der Waals surface area contributed by atoms with E-state index in [1.807, 2.05) is 0 Å². The molecule has 1 atom stereocenters. The van der Waals surface area contributed by atoms with Gasteiger partial charge in [0, 0.05) is 19.3 Å². The van der Waals surface area contributed by atoms with Crippen molar-refractivity contribution in [2.75, 3.05) is 13.2 Å². The summed E-state index contributed by atoms with van der Waals surface area (Å²) in [7, 11) is 0. The lowest BCUT2D eigenvalue weighted by Crippen LogP contribution is -2.30. The first kappa shape index (κ1) is 74.6. The van der Waals surface area contributed by atoms with E-state index in [9.17, 15) is 14.4 Å². The van der Waals surface area contributed by atoms with Crippen LogP contribution in [0.3, 0.4) is 0 Å². The number of ether oxygens (including phenoxy) is 3. The largest absolute Gasteiger partial charge is 0.462 e. The van der Waals surface area contributed by atoms with Gasteiger partial charge in [-0.2, -0.15) is 0 Å². The van der Waals surface area contributed by atoms with E-state index in [0.29, 0.717) is 19.3 Å². The maximum atomic E-state index is 12.9. The van der Waals surface area contributed by atoms with E-state index in [0.717, 1.165) is 109 Å². The lowest BCUT2D eigenvalue weighted by Gasteiger charge is -2.18. The average molecular weight is 1090 g/mol. The van der Waals surface area contributed by atoms with Gasteiger partial charge in [0.05, 0.1) is 0 Å². The van der Waals surface area contributed by atoms with E-state index in [1.165, 1.54) is 186 Å². The van der Waals surface area contributed by atoms with Crippen molar-refractivity contribution in [1.82, 2.24) is 0 Å². The predicted molar refractivity (Wildman–Crippen MR) is 339 cm³/mol. The summed E-state index contributed by atoms with van der Waals surface area (Å²) in [5.74, 6) is -0.872. The van der Waals surface area contributed by atoms with Crippen LogP contribution in [-0.4, -0.2) is 37.2 Å². The first-order valence-electron chi connectivity index (χ1n) is 33.6. The molecule has 0 rings (SSSR count). The van der Waals surface area contributed by atoms with Crippen LogP contribution >= 0.6 is 0 Å². The molecule has 0 aromatic heterocycles. The van der Waals surface area contributed by atoms with Crippen molar-refractivity contribution in [3.8, 4) is 0 Å². The molecular formula is C72H126O6. The second-order valence-corrected chi connectivity index (χ2v) is 22.4. The number of rotatable bonds is 61. The zero-order chi connectivity index (χ0) is 56.4. The molecule has 0 amide bonds. The number of unbranched alkanes of at least 4 members (excludes halogenated alkanes) is 36. The van der Waals surface area contributed by atoms with Crippen LogP contribution in [0.15, 0.2) is 85.1 Å². The molecule has 0 N–H and O–H groups in total. The summed E-state index contributed by atoms with van der Waals surface area (Å²) in [5, 5.41) is 0. The topological polar surface area (TPSA) is 78.9 Å². The van der Waals surface area contributed by atoms with Crippen LogP contribution in [0.1, 0.15) is 335 Å². The molecule has 0 saturated heterocycles. The van der Waals surface area contributed by atoms with Crippen molar-refractivity contribution < 1.29 is 28.6 Å². The molecule has 0 aromatic rings. The first-order valence-corrected chi connectivity index (χ1v) is 33.6. The lowest BCUT2D eigenvalue weighted by atomic mass is 10.0. The minimum absolute atomic E-state index is 0.0762. The zero-order valence-electron chi connectivity index (χ0n) is 51.7. The molecule has 78 heavy (non-hydrogen) atoms. The molecule has 0 radical (unpaired) electrons. The smallest absolute Gasteiger partial charge is 0.306 e. The summed E-state index contributed by atoms with van der Waals surface area (Å²) in [6.45, 7) is 6.50. The Morgan fingerprint density at radius 3 is 0.846 bits per heavy atom. The SMILES string of the molecule is CC/C=C\C/C=C\C/C=C\C/C=C\C/C=C\C/C=C\CCCCCCCCCCCCCCC(=O)OCC(COC(=O)CCCCCCC/C=C\CCC)OC(=O)CCCCCCCCCCCCCCCCCCCCC. The van der Waals surface area contributed by atoms with Gasteiger partial charge < -0.3 is 14.2 Å². The molecule has 0 aliphatic rings. The predicted octanol–water partition coefficient (Wildman–Crippen LogP) is 23.1. The van der Waals surface area contributed by atoms with Gasteiger partial charge in [0.2, 0.25) is 0 Å². The van der Waals surface area contributed by atoms with Crippen LogP contribution in [0.25, 0.3) is 0 Å². The summed E-state index contributed by atoms with van der Waals surface area (Å²) in [6, 6.07) is 0. The fraction of sp³-hybridized carbons (Fsp3) is 0.764. The van der Waals surface area contributed by atoms with Crippen LogP contribution in [0.2, 0.25) is 0 Å². The Balaban J connectivity index is 4.17. The Morgan fingerprint density at radius 2 is 0.526 bits per heavy atom. The van der Waals surface area contributed by atoms with Gasteiger partial charge in [-0.1, -0.05) is 311 Å². The van der Waals surface area contributed by atoms with E-state index < -0.39 is 6.10 Å². The second-order valence-electron chi connectivity index (χ2n) is 22.4. The lowest BCUT2D eigenvalue weighted by molar-refractivity contribution is -0.167. The zero-order valence-corrected chi connectivity index (χ0v) is 51.7. The third-order valence-electron chi connectivity index (χ3n) is 14.6. The van der Waals surface area contributed by atoms with E-state index in [4.69, 9.17) is 14.2 Å². The van der Waals surface area contributed by atoms with Crippen LogP contribution in [0, 0.1) is 0 Å². The molecule has 6 heteroatoms. The molecule has 0 aliphatic heterocycles. The Bertz CT molecular complexity index is 1480. The van der Waals surface area contributed by atoms with Gasteiger partial charge in [0.1, 0.15) is 13.2 Å². The fourth-order valence-electron chi connectivity index (χ4n) is 9.63. The summed E-state index contributed by atoms with van der Waals surface area (Å²) in [5.41, 5.74) is 0. The van der Waals surface area contributed by atoms with Crippen molar-refractivity contribution in [2.24, 2.45) is 0 Å². The third kappa shape index (κ3) is 63.4. The highest BCUT2D eigenvalue weighted by Crippen LogP contribution is 2.17. The van der Waals surface area contributed by atoms with Crippen molar-refractivity contribution in [3.05, 3.63) is 85.1 Å². The van der Waals surface area contributed by atoms with E-state index >= 15 is 0 Å². The number of allylic oxidation sites excluding steroid dienone is 14. The molecule has 0 aromatic carbocycles. The number of hydrogen-bond donors (Lipinski definition) is 0. The Labute approximate surface area is 484 Å². The van der Waals surface area contributed by atoms with Crippen LogP contribution in [0.4, 0.5) is 0 Å². The first-order chi connectivity index (χ1) is 38.5. The van der Waals surface area contributed by atoms with Gasteiger partial charge in [-0.3, -0.25) is 14.4 Å². The maximum absolute atomic E-state index is 12.9. The molecule has 450 valence electrons. The molecule has 0 saturated carbocycles. The Morgan fingerprint density at radius 1 is 0.269 bits per heavy atom. The minimum atomic E-state index is -0.778. The van der Waals surface area contributed by atoms with Gasteiger partial charge in [0.15, 0.2) is 6.10 Å². The van der Waals surface area contributed by atoms with E-state index in [1.54, 1.807) is 0 Å². The van der Waals surface area contributed by atoms with Gasteiger partial charge in [-0.15, -0.1) is 0 Å². The highest BCUT2D eigenvalue weighted by atomic mass is 16.6. The molecule has 0 aliphatic carbocycles. The van der Waals surface area contributed by atoms with Crippen molar-refractivity contribution in [2.45, 2.75) is 341 Å². The van der Waals surface area contributed by atoms with Crippen molar-refractivity contribution in [1.29, 1.82) is 0 Å². The van der Waals surface area contributed by atoms with E-state index in [2.05, 4.69) is 106 Å². The molecule has 0 heterocycles. The molecule has 6 nitrogen and oxygen atoms in total. The van der Waals surface area contributed by atoms with E-state index in [-0.39, 0.29) is 31.1 Å². The highest BCUT2D eigenvalue weighted by molar-refractivity contribution is 5.71. The summed E-state index contributed by atoms with van der Waals surface area (Å²) < 4.78 is 16.9. The molecular weight excluding hydrogens is 961 g/mol. The second kappa shape index (κ2) is 66.1. The van der Waals surface area contributed by atoms with Gasteiger partial charge in [-0.05, 0) is 89.9 Å². The van der Waals surface area contributed by atoms with Crippen LogP contribution in [0.5, 0.6) is 0 Å². The van der Waals surface area contributed by atoms with Crippen molar-refractivity contribution >= 4 is 17.9 Å². The summed E-state index contributed by atoms with van der Waals surface area (Å²) >= 11 is 0. The quantitative estimate of drug-likeness (QED) is 0.0261. The molecule has 0 bridgehead atoms. The minimum Gasteiger partial charge on any atom is -0.462 e. The molecule has 1 unspecified atom stereocenters. The van der Waals surface area contributed by atoms with Gasteiger partial charge in [0.25, 0.3) is 0 Å². The van der Waals surface area contributed by atoms with Crippen LogP contribution < -0.4 is 0 Å². The Kier molecular flexibility index (Phi) is 63.2. The number of carbonyl (C=O) groups excluding carboxylic acids is 3. The standard InChI is InChI=1S/C72H126O6/c1-4-7-10-13-16-19-22-24-26-28-30-31-32-33-34-35-36-37-38-39-40-41-43-44-46-48-50-53-56-59-62-65-71(74)77-68-69(67-76-70(73)64-61-58-55-52-21-18-15-12-9-6-3)78-72(75)66-63-60-57-54-51-49-47-45-42-29-27-25-23-20-17-14-11-8-5-2/h7,10,12,15-16,19,24,26,30-31,33-34,36-37,69H,4-6,8-9,11,13-14,17-18,20-23,25,27-29,32,35,38-68H2,1-3H3/b10-7-,15-12-,19-16-,26-24-,31-30-,34-33-,37-36-. The monoisotopic (exact) mass is 1090 g/mol. The van der Waals surface area contributed by atoms with Crippen LogP contribution in [-0.2, 0) is 28.6 Å². The summed E-state index contributed by atoms with van der Waals surface area (Å²) in [4.78, 5) is 38.3. The fourth-order valence-corrected chi connectivity index (χ4v) is 9.63. The average Bonchev–Trinajstić information content (AvgIpc) is 3.44. The molecule has 0 fully saturated rings. The summed E-state index contributed by atoms with van der Waals surface area (Å²) in [6.07, 6.45) is 87.5. The normalized spacial score (nSPS) is 12.6. The highest BCUT2D eigenvalue weighted by Gasteiger charge is 2.19. The number of esters is 3. The number of hydrogen-bond acceptors (Lipinski definition) is 6. The number of carbonyl (C=O) groups is 3.